The maximum absolute atomic E-state index is 14.0. The number of nitrogens with two attached hydrogens (primary N) is 1. The van der Waals surface area contributed by atoms with Gasteiger partial charge in [-0.2, -0.15) is 14.9 Å². The van der Waals surface area contributed by atoms with E-state index in [2.05, 4.69) is 35.1 Å². The van der Waals surface area contributed by atoms with Gasteiger partial charge in [0.25, 0.3) is 0 Å². The number of nitrogen functional groups attached to an aromatic ring is 1. The minimum atomic E-state index is -0.407. The van der Waals surface area contributed by atoms with Gasteiger partial charge in [0.05, 0.1) is 34.4 Å². The van der Waals surface area contributed by atoms with Crippen molar-refractivity contribution in [3.05, 3.63) is 50.9 Å². The molecular weight excluding hydrogens is 713 g/mol. The molecule has 55 heavy (non-hydrogen) atoms. The molecule has 3 saturated heterocycles. The lowest BCUT2D eigenvalue weighted by Gasteiger charge is -2.39. The Morgan fingerprint density at radius 3 is 2.64 bits per heavy atom. The van der Waals surface area contributed by atoms with Crippen molar-refractivity contribution in [1.29, 1.82) is 5.26 Å². The number of aryl methyl sites for hydroxylation is 1. The molecule has 14 heteroatoms. The van der Waals surface area contributed by atoms with Crippen LogP contribution in [0.1, 0.15) is 136 Å². The summed E-state index contributed by atoms with van der Waals surface area (Å²) >= 11 is 1.55. The van der Waals surface area contributed by atoms with Crippen LogP contribution in [0, 0.1) is 17.2 Å². The third-order valence-electron chi connectivity index (χ3n) is 13.5. The van der Waals surface area contributed by atoms with Crippen LogP contribution in [0.25, 0.3) is 11.5 Å². The standard InChI is InChI=1S/C41H52N10O3S/c1-24(2)32-23-51(48-46-32)39(52)50-22-25(3)11-12-28(50)19-27-20-31(45-38(44-27)53-26(4)41-15-7-17-49(41)18-8-16-41)35-29-9-5-13-40(36(29)47-54-35)14-6-10-33-34(40)30(21-42)37(43)55-33/h20,23-26,28H,5-19,22,43H2,1-4H3/t25-,26-,28?,40-/m0/s1. The second-order valence-electron chi connectivity index (χ2n) is 17.2. The van der Waals surface area contributed by atoms with E-state index in [-0.39, 0.29) is 29.6 Å². The van der Waals surface area contributed by atoms with Crippen molar-refractivity contribution in [2.24, 2.45) is 5.92 Å². The number of ether oxygens (including phenoxy) is 1. The van der Waals surface area contributed by atoms with Crippen LogP contribution < -0.4 is 10.5 Å². The molecule has 290 valence electrons. The largest absolute Gasteiger partial charge is 0.458 e. The molecule has 13 nitrogen and oxygen atoms in total. The van der Waals surface area contributed by atoms with Crippen molar-refractivity contribution in [1.82, 2.24) is 39.9 Å². The highest BCUT2D eigenvalue weighted by molar-refractivity contribution is 7.16. The van der Waals surface area contributed by atoms with Crippen LogP contribution in [0.3, 0.4) is 0 Å². The Morgan fingerprint density at radius 1 is 1.11 bits per heavy atom. The maximum Gasteiger partial charge on any atom is 0.346 e. The summed E-state index contributed by atoms with van der Waals surface area (Å²) in [6, 6.07) is 4.52. The van der Waals surface area contributed by atoms with Crippen molar-refractivity contribution in [3.63, 3.8) is 0 Å². The zero-order valence-electron chi connectivity index (χ0n) is 32.5. The molecule has 7 heterocycles. The third-order valence-corrected chi connectivity index (χ3v) is 14.6. The van der Waals surface area contributed by atoms with E-state index in [1.54, 1.807) is 17.5 Å². The first-order valence-electron chi connectivity index (χ1n) is 20.4. The van der Waals surface area contributed by atoms with Gasteiger partial charge in [-0.25, -0.2) is 9.78 Å². The molecule has 1 unspecified atom stereocenters. The van der Waals surface area contributed by atoms with Gasteiger partial charge in [0.1, 0.15) is 22.9 Å². The Hall–Kier alpha value is -4.35. The lowest BCUT2D eigenvalue weighted by molar-refractivity contribution is 0.0402. The van der Waals surface area contributed by atoms with E-state index in [1.807, 2.05) is 24.8 Å². The van der Waals surface area contributed by atoms with Gasteiger partial charge >= 0.3 is 12.0 Å². The minimum Gasteiger partial charge on any atom is -0.458 e. The lowest BCUT2D eigenvalue weighted by Crippen LogP contribution is -2.50. The molecule has 4 aromatic heterocycles. The summed E-state index contributed by atoms with van der Waals surface area (Å²) in [5, 5.41) is 24.2. The molecule has 0 bridgehead atoms. The lowest BCUT2D eigenvalue weighted by atomic mass is 9.62. The van der Waals surface area contributed by atoms with E-state index in [0.717, 1.165) is 106 Å². The molecule has 4 aromatic rings. The number of rotatable bonds is 7. The number of hydrogen-bond donors (Lipinski definition) is 1. The average Bonchev–Trinajstić information content (AvgIpc) is 4.00. The van der Waals surface area contributed by atoms with Gasteiger partial charge in [-0.1, -0.05) is 31.1 Å². The second kappa shape index (κ2) is 14.0. The molecule has 3 aliphatic heterocycles. The van der Waals surface area contributed by atoms with Gasteiger partial charge in [-0.15, -0.1) is 16.4 Å². The van der Waals surface area contributed by atoms with Gasteiger partial charge in [0, 0.05) is 34.9 Å². The van der Waals surface area contributed by atoms with E-state index >= 15 is 0 Å². The highest BCUT2D eigenvalue weighted by atomic mass is 32.1. The van der Waals surface area contributed by atoms with Gasteiger partial charge in [-0.3, -0.25) is 4.90 Å². The van der Waals surface area contributed by atoms with Gasteiger partial charge in [0.15, 0.2) is 5.76 Å². The molecule has 2 N–H and O–H groups in total. The fourth-order valence-corrected chi connectivity index (χ4v) is 11.9. The van der Waals surface area contributed by atoms with Crippen LogP contribution in [0.15, 0.2) is 16.8 Å². The van der Waals surface area contributed by atoms with E-state index < -0.39 is 5.41 Å². The molecule has 2 aliphatic carbocycles. The maximum atomic E-state index is 14.0. The Bertz CT molecular complexity index is 2130. The number of nitrogens with zero attached hydrogens (tertiary/aromatic N) is 9. The summed E-state index contributed by atoms with van der Waals surface area (Å²) in [6.07, 6.45) is 14.1. The zero-order chi connectivity index (χ0) is 38.1. The molecule has 1 amide bonds. The first-order chi connectivity index (χ1) is 26.6. The van der Waals surface area contributed by atoms with Gasteiger partial charge in [-0.05, 0) is 121 Å². The molecule has 9 rings (SSSR count). The molecule has 0 radical (unpaired) electrons. The van der Waals surface area contributed by atoms with E-state index in [9.17, 15) is 10.1 Å². The van der Waals surface area contributed by atoms with E-state index in [4.69, 9.17) is 30.1 Å². The quantitative estimate of drug-likeness (QED) is 0.205. The molecule has 0 saturated carbocycles. The van der Waals surface area contributed by atoms with Crippen molar-refractivity contribution < 1.29 is 14.1 Å². The van der Waals surface area contributed by atoms with Crippen molar-refractivity contribution in [2.45, 2.75) is 140 Å². The van der Waals surface area contributed by atoms with E-state index in [0.29, 0.717) is 46.9 Å². The monoisotopic (exact) mass is 764 g/mol. The Morgan fingerprint density at radius 2 is 1.89 bits per heavy atom. The number of aromatic nitrogens is 6. The van der Waals surface area contributed by atoms with Crippen LogP contribution in [-0.4, -0.2) is 83.3 Å². The van der Waals surface area contributed by atoms with Gasteiger partial charge in [0.2, 0.25) is 0 Å². The molecular formula is C41H52N10O3S. The van der Waals surface area contributed by atoms with Crippen molar-refractivity contribution in [2.75, 3.05) is 25.4 Å². The summed E-state index contributed by atoms with van der Waals surface area (Å²) in [5.74, 6) is 1.17. The highest BCUT2D eigenvalue weighted by Crippen LogP contribution is 2.55. The number of hydrogen-bond acceptors (Lipinski definition) is 12. The molecule has 0 aromatic carbocycles. The third kappa shape index (κ3) is 6.04. The van der Waals surface area contributed by atoms with Crippen molar-refractivity contribution in [3.8, 4) is 23.5 Å². The van der Waals surface area contributed by atoms with Crippen molar-refractivity contribution >= 4 is 22.4 Å². The fourth-order valence-electron chi connectivity index (χ4n) is 10.7. The summed E-state index contributed by atoms with van der Waals surface area (Å²) in [5.41, 5.74) is 11.9. The molecule has 5 aliphatic rings. The Kier molecular flexibility index (Phi) is 9.23. The molecule has 1 spiro atoms. The normalized spacial score (nSPS) is 25.1. The summed E-state index contributed by atoms with van der Waals surface area (Å²) in [6.45, 7) is 11.3. The number of fused-ring (bicyclic) bond motifs is 5. The predicted octanol–water partition coefficient (Wildman–Crippen LogP) is 7.03. The number of nitriles is 1. The zero-order valence-corrected chi connectivity index (χ0v) is 33.3. The molecule has 3 fully saturated rings. The summed E-state index contributed by atoms with van der Waals surface area (Å²) in [7, 11) is 0. The Labute approximate surface area is 326 Å². The number of amides is 1. The summed E-state index contributed by atoms with van der Waals surface area (Å²) in [4.78, 5) is 29.9. The predicted molar refractivity (Wildman–Crippen MR) is 208 cm³/mol. The number of carbonyl (C=O) groups excluding carboxylic acids is 1. The van der Waals surface area contributed by atoms with Crippen LogP contribution in [-0.2, 0) is 24.7 Å². The van der Waals surface area contributed by atoms with Crippen LogP contribution in [0.4, 0.5) is 9.80 Å². The van der Waals surface area contributed by atoms with Crippen LogP contribution in [0.5, 0.6) is 6.01 Å². The summed E-state index contributed by atoms with van der Waals surface area (Å²) < 4.78 is 14.6. The highest BCUT2D eigenvalue weighted by Gasteiger charge is 2.50. The second-order valence-corrected chi connectivity index (χ2v) is 18.3. The van der Waals surface area contributed by atoms with Crippen LogP contribution in [0.2, 0.25) is 0 Å². The average molecular weight is 765 g/mol. The number of anilines is 1. The van der Waals surface area contributed by atoms with Crippen LogP contribution >= 0.6 is 11.3 Å². The number of likely N-dealkylation sites (tertiary alicyclic amines) is 1. The number of piperidine rings is 1. The topological polar surface area (TPSA) is 165 Å². The number of carbonyl (C=O) groups is 1. The minimum absolute atomic E-state index is 0.00774. The van der Waals surface area contributed by atoms with Gasteiger partial charge < -0.3 is 19.9 Å². The molecule has 4 atom stereocenters. The number of thiophene rings is 1. The smallest absolute Gasteiger partial charge is 0.346 e. The Balaban J connectivity index is 1.10. The first kappa shape index (κ1) is 36.3. The van der Waals surface area contributed by atoms with E-state index in [1.165, 1.54) is 22.4 Å². The SMILES string of the molecule is CC(C)c1cn(C(=O)N2C[C@@H](C)CCC2Cc2cc(-c3onc4c3CCC[C@@]43CCCc4sc(N)c(C#N)c43)nc(O[C@@H](C)C34CCCN3CCC4)n2)nn1. The fraction of sp³-hybridized carbons (Fsp3) is 0.634. The first-order valence-corrected chi connectivity index (χ1v) is 21.3.